The van der Waals surface area contributed by atoms with Crippen LogP contribution in [0.25, 0.3) is 10.2 Å². The van der Waals surface area contributed by atoms with Crippen molar-refractivity contribution in [2.24, 2.45) is 5.92 Å². The van der Waals surface area contributed by atoms with Crippen molar-refractivity contribution in [3.05, 3.63) is 24.3 Å². The highest BCUT2D eigenvalue weighted by molar-refractivity contribution is 8.01. The highest BCUT2D eigenvalue weighted by atomic mass is 35.5. The summed E-state index contributed by atoms with van der Waals surface area (Å²) in [4.78, 5) is 4.56. The van der Waals surface area contributed by atoms with Crippen LogP contribution in [0.1, 0.15) is 6.42 Å². The van der Waals surface area contributed by atoms with Crippen molar-refractivity contribution >= 4 is 56.5 Å². The minimum atomic E-state index is -0.469. The van der Waals surface area contributed by atoms with Crippen molar-refractivity contribution in [3.63, 3.8) is 0 Å². The monoisotopic (exact) mass is 289 g/mol. The SMILES string of the molecule is ClC1(Cl)C[C@H]1CSc1nc2ccccc2s1. The summed E-state index contributed by atoms with van der Waals surface area (Å²) >= 11 is 15.5. The molecule has 1 heterocycles. The first-order valence-electron chi connectivity index (χ1n) is 5.01. The van der Waals surface area contributed by atoms with Crippen LogP contribution in [0.4, 0.5) is 0 Å². The first-order valence-corrected chi connectivity index (χ1v) is 7.57. The van der Waals surface area contributed by atoms with Gasteiger partial charge in [0, 0.05) is 11.7 Å². The van der Waals surface area contributed by atoms with E-state index in [4.69, 9.17) is 23.2 Å². The molecule has 3 rings (SSSR count). The molecule has 0 spiro atoms. The number of benzene rings is 1. The van der Waals surface area contributed by atoms with Crippen LogP contribution in [-0.4, -0.2) is 15.1 Å². The number of para-hydroxylation sites is 1. The topological polar surface area (TPSA) is 12.9 Å². The molecule has 16 heavy (non-hydrogen) atoms. The summed E-state index contributed by atoms with van der Waals surface area (Å²) in [6.45, 7) is 0. The first kappa shape index (κ1) is 11.1. The number of hydrogen-bond acceptors (Lipinski definition) is 3. The summed E-state index contributed by atoms with van der Waals surface area (Å²) in [5.41, 5.74) is 1.08. The van der Waals surface area contributed by atoms with Gasteiger partial charge in [-0.2, -0.15) is 0 Å². The Labute approximate surface area is 112 Å². The van der Waals surface area contributed by atoms with Gasteiger partial charge in [0.05, 0.1) is 10.2 Å². The number of halogens is 2. The number of alkyl halides is 2. The summed E-state index contributed by atoms with van der Waals surface area (Å²) in [7, 11) is 0. The Morgan fingerprint density at radius 3 is 2.88 bits per heavy atom. The Kier molecular flexibility index (Phi) is 2.83. The zero-order valence-corrected chi connectivity index (χ0v) is 11.5. The maximum atomic E-state index is 5.99. The maximum Gasteiger partial charge on any atom is 0.151 e. The largest absolute Gasteiger partial charge is 0.230 e. The standard InChI is InChI=1S/C11H9Cl2NS2/c12-11(13)5-7(11)6-15-10-14-8-3-1-2-4-9(8)16-10/h1-4,7H,5-6H2/t7-/m0/s1. The zero-order valence-electron chi connectivity index (χ0n) is 8.32. The Bertz CT molecular complexity index is 490. The van der Waals surface area contributed by atoms with Crippen molar-refractivity contribution in [1.29, 1.82) is 0 Å². The van der Waals surface area contributed by atoms with Gasteiger partial charge in [-0.1, -0.05) is 23.9 Å². The van der Waals surface area contributed by atoms with E-state index in [9.17, 15) is 0 Å². The second kappa shape index (κ2) is 4.05. The molecule has 0 bridgehead atoms. The first-order chi connectivity index (χ1) is 7.65. The fourth-order valence-electron chi connectivity index (χ4n) is 1.54. The third-order valence-corrected chi connectivity index (χ3v) is 5.91. The molecule has 1 aliphatic rings. The third kappa shape index (κ3) is 2.19. The van der Waals surface area contributed by atoms with Gasteiger partial charge >= 0.3 is 0 Å². The number of fused-ring (bicyclic) bond motifs is 1. The lowest BCUT2D eigenvalue weighted by molar-refractivity contribution is 0.978. The van der Waals surface area contributed by atoms with Gasteiger partial charge in [-0.25, -0.2) is 4.98 Å². The molecule has 1 fully saturated rings. The average Bonchev–Trinajstić information content (AvgIpc) is 2.72. The number of thioether (sulfide) groups is 1. The van der Waals surface area contributed by atoms with Gasteiger partial charge in [-0.15, -0.1) is 34.5 Å². The number of aromatic nitrogens is 1. The highest BCUT2D eigenvalue weighted by Gasteiger charge is 2.51. The molecule has 5 heteroatoms. The normalized spacial score (nSPS) is 22.5. The number of nitrogens with zero attached hydrogens (tertiary/aromatic N) is 1. The van der Waals surface area contributed by atoms with Crippen LogP contribution in [0.2, 0.25) is 0 Å². The van der Waals surface area contributed by atoms with E-state index in [0.717, 1.165) is 22.0 Å². The summed E-state index contributed by atoms with van der Waals surface area (Å²) in [6.07, 6.45) is 0.911. The van der Waals surface area contributed by atoms with E-state index >= 15 is 0 Å². The third-order valence-electron chi connectivity index (χ3n) is 2.64. The molecule has 0 unspecified atom stereocenters. The molecule has 0 N–H and O–H groups in total. The van der Waals surface area contributed by atoms with Crippen molar-refractivity contribution in [1.82, 2.24) is 4.98 Å². The Balaban J connectivity index is 1.70. The van der Waals surface area contributed by atoms with E-state index < -0.39 is 4.33 Å². The summed E-state index contributed by atoms with van der Waals surface area (Å²) in [5, 5.41) is 0. The van der Waals surface area contributed by atoms with Gasteiger partial charge in [0.25, 0.3) is 0 Å². The number of thiazole rings is 1. The lowest BCUT2D eigenvalue weighted by Gasteiger charge is -1.96. The van der Waals surface area contributed by atoms with Gasteiger partial charge in [-0.3, -0.25) is 0 Å². The molecule has 0 amide bonds. The van der Waals surface area contributed by atoms with Crippen molar-refractivity contribution in [2.45, 2.75) is 15.1 Å². The summed E-state index contributed by atoms with van der Waals surface area (Å²) < 4.78 is 1.88. The van der Waals surface area contributed by atoms with Crippen LogP contribution in [0.3, 0.4) is 0 Å². The van der Waals surface area contributed by atoms with Gasteiger partial charge in [0.15, 0.2) is 4.34 Å². The quantitative estimate of drug-likeness (QED) is 0.606. The van der Waals surface area contributed by atoms with Crippen molar-refractivity contribution in [2.75, 3.05) is 5.75 Å². The predicted octanol–water partition coefficient (Wildman–Crippen LogP) is 4.58. The molecule has 0 aliphatic heterocycles. The van der Waals surface area contributed by atoms with Gasteiger partial charge in [0.2, 0.25) is 0 Å². The molecule has 1 saturated carbocycles. The predicted molar refractivity (Wildman–Crippen MR) is 72.9 cm³/mol. The van der Waals surface area contributed by atoms with E-state index in [-0.39, 0.29) is 0 Å². The number of hydrogen-bond donors (Lipinski definition) is 0. The lowest BCUT2D eigenvalue weighted by Crippen LogP contribution is -1.92. The fraction of sp³-hybridized carbons (Fsp3) is 0.364. The minimum Gasteiger partial charge on any atom is -0.230 e. The smallest absolute Gasteiger partial charge is 0.151 e. The van der Waals surface area contributed by atoms with Crippen LogP contribution >= 0.6 is 46.3 Å². The van der Waals surface area contributed by atoms with Gasteiger partial charge < -0.3 is 0 Å². The molecule has 1 aromatic carbocycles. The molecular weight excluding hydrogens is 281 g/mol. The minimum absolute atomic E-state index is 0.424. The molecule has 0 radical (unpaired) electrons. The highest BCUT2D eigenvalue weighted by Crippen LogP contribution is 2.55. The Morgan fingerprint density at radius 2 is 2.19 bits per heavy atom. The Hall–Kier alpha value is 0.0400. The van der Waals surface area contributed by atoms with E-state index in [2.05, 4.69) is 11.1 Å². The van der Waals surface area contributed by atoms with Crippen LogP contribution < -0.4 is 0 Å². The van der Waals surface area contributed by atoms with Gasteiger partial charge in [-0.05, 0) is 18.6 Å². The van der Waals surface area contributed by atoms with Crippen LogP contribution in [0, 0.1) is 5.92 Å². The Morgan fingerprint density at radius 1 is 1.44 bits per heavy atom. The molecule has 2 aromatic rings. The summed E-state index contributed by atoms with van der Waals surface area (Å²) in [5.74, 6) is 1.39. The van der Waals surface area contributed by atoms with Gasteiger partial charge in [0.1, 0.15) is 4.33 Å². The van der Waals surface area contributed by atoms with Crippen LogP contribution in [0.5, 0.6) is 0 Å². The second-order valence-corrected chi connectivity index (χ2v) is 7.76. The van der Waals surface area contributed by atoms with Crippen molar-refractivity contribution in [3.8, 4) is 0 Å². The molecule has 1 nitrogen and oxygen atoms in total. The molecule has 1 aliphatic carbocycles. The molecule has 1 atom stereocenters. The van der Waals surface area contributed by atoms with E-state index in [0.29, 0.717) is 5.92 Å². The summed E-state index contributed by atoms with van der Waals surface area (Å²) in [6, 6.07) is 8.19. The average molecular weight is 290 g/mol. The maximum absolute atomic E-state index is 5.99. The lowest BCUT2D eigenvalue weighted by atomic mass is 10.3. The van der Waals surface area contributed by atoms with Crippen LogP contribution in [0.15, 0.2) is 28.6 Å². The number of rotatable bonds is 3. The fourth-order valence-corrected chi connectivity index (χ4v) is 4.56. The van der Waals surface area contributed by atoms with Crippen molar-refractivity contribution < 1.29 is 0 Å². The van der Waals surface area contributed by atoms with Crippen LogP contribution in [-0.2, 0) is 0 Å². The van der Waals surface area contributed by atoms with E-state index in [1.165, 1.54) is 4.70 Å². The molecular formula is C11H9Cl2NS2. The molecule has 0 saturated heterocycles. The second-order valence-electron chi connectivity index (χ2n) is 3.92. The molecule has 84 valence electrons. The molecule has 1 aromatic heterocycles. The zero-order chi connectivity index (χ0) is 11.2. The van der Waals surface area contributed by atoms with E-state index in [1.54, 1.807) is 23.1 Å². The van der Waals surface area contributed by atoms with E-state index in [1.807, 2.05) is 18.2 Å².